The number of halogens is 2. The first kappa shape index (κ1) is 33.2. The minimum Gasteiger partial charge on any atom is -0.490 e. The van der Waals surface area contributed by atoms with E-state index in [0.29, 0.717) is 17.0 Å². The normalized spacial score (nSPS) is 14.3. The van der Waals surface area contributed by atoms with Crippen LogP contribution < -0.4 is 14.8 Å². The Balaban J connectivity index is 0.00000361. The Kier molecular flexibility index (Phi) is 13.6. The van der Waals surface area contributed by atoms with Crippen LogP contribution in [0.25, 0.3) is 6.08 Å². The van der Waals surface area contributed by atoms with Gasteiger partial charge in [-0.1, -0.05) is 30.4 Å². The summed E-state index contributed by atoms with van der Waals surface area (Å²) in [4.78, 5) is 14.3. The number of ether oxygens (including phenoxy) is 2. The van der Waals surface area contributed by atoms with Gasteiger partial charge in [-0.25, -0.2) is 8.42 Å². The van der Waals surface area contributed by atoms with Gasteiger partial charge in [-0.05, 0) is 62.7 Å². The number of rotatable bonds is 11. The molecule has 2 aromatic rings. The van der Waals surface area contributed by atoms with Crippen molar-refractivity contribution >= 4 is 58.4 Å². The Morgan fingerprint density at radius 2 is 1.82 bits per heavy atom. The average Bonchev–Trinajstić information content (AvgIpc) is 2.84. The zero-order valence-corrected chi connectivity index (χ0v) is 24.0. The van der Waals surface area contributed by atoms with E-state index in [1.165, 1.54) is 4.31 Å². The van der Waals surface area contributed by atoms with Gasteiger partial charge in [0.15, 0.2) is 5.75 Å². The molecule has 1 saturated heterocycles. The first-order chi connectivity index (χ1) is 17.2. The van der Waals surface area contributed by atoms with Crippen molar-refractivity contribution < 1.29 is 22.7 Å². The fourth-order valence-electron chi connectivity index (χ4n) is 3.89. The summed E-state index contributed by atoms with van der Waals surface area (Å²) in [5.74, 6) is -0.940. The van der Waals surface area contributed by atoms with Crippen LogP contribution >= 0.6 is 24.8 Å². The van der Waals surface area contributed by atoms with Crippen LogP contribution in [-0.4, -0.2) is 70.3 Å². The number of nitrogen functional groups attached to an aromatic ring is 1. The van der Waals surface area contributed by atoms with Gasteiger partial charge in [0.25, 0.3) is 0 Å². The zero-order chi connectivity index (χ0) is 26.1. The van der Waals surface area contributed by atoms with Crippen molar-refractivity contribution in [2.45, 2.75) is 25.9 Å². The molecule has 0 unspecified atom stereocenters. The molecule has 2 aromatic carbocycles. The van der Waals surface area contributed by atoms with Crippen LogP contribution in [0.3, 0.4) is 0 Å². The van der Waals surface area contributed by atoms with E-state index in [9.17, 15) is 13.2 Å². The molecular weight excluding hydrogens is 551 g/mol. The molecule has 1 heterocycles. The van der Waals surface area contributed by atoms with Gasteiger partial charge in [-0.15, -0.1) is 24.8 Å². The number of piperidine rings is 1. The third-order valence-electron chi connectivity index (χ3n) is 5.81. The molecule has 0 spiro atoms. The molecule has 1 aliphatic heterocycles. The highest BCUT2D eigenvalue weighted by Gasteiger charge is 2.26. The highest BCUT2D eigenvalue weighted by Crippen LogP contribution is 2.25. The van der Waals surface area contributed by atoms with E-state index < -0.39 is 21.7 Å². The largest absolute Gasteiger partial charge is 0.490 e. The molecule has 0 saturated carbocycles. The quantitative estimate of drug-likeness (QED) is 0.233. The molecule has 3 rings (SSSR count). The second kappa shape index (κ2) is 15.6. The monoisotopic (exact) mass is 586 g/mol. The molecule has 3 N–H and O–H groups in total. The van der Waals surface area contributed by atoms with Gasteiger partial charge in [0, 0.05) is 18.7 Å². The number of esters is 1. The number of nitrogens with one attached hydrogen (secondary N) is 1. The smallest absolute Gasteiger partial charge is 0.323 e. The van der Waals surface area contributed by atoms with Crippen LogP contribution in [0.1, 0.15) is 30.9 Å². The van der Waals surface area contributed by atoms with Gasteiger partial charge in [0.2, 0.25) is 10.0 Å². The van der Waals surface area contributed by atoms with E-state index in [1.54, 1.807) is 61.5 Å². The first-order valence-electron chi connectivity index (χ1n) is 11.9. The summed E-state index contributed by atoms with van der Waals surface area (Å²) in [5, 5.41) is 7.59. The Morgan fingerprint density at radius 1 is 1.16 bits per heavy atom. The summed E-state index contributed by atoms with van der Waals surface area (Å²) in [6.45, 7) is 3.68. The predicted molar refractivity (Wildman–Crippen MR) is 156 cm³/mol. The van der Waals surface area contributed by atoms with E-state index in [1.807, 2.05) is 6.07 Å². The number of carbonyl (C=O) groups excluding carboxylic acids is 1. The summed E-state index contributed by atoms with van der Waals surface area (Å²) in [6.07, 6.45) is 5.44. The van der Waals surface area contributed by atoms with Gasteiger partial charge in [-0.3, -0.25) is 14.5 Å². The van der Waals surface area contributed by atoms with E-state index in [0.717, 1.165) is 31.5 Å². The molecule has 210 valence electrons. The minimum absolute atomic E-state index is 0. The van der Waals surface area contributed by atoms with Crippen molar-refractivity contribution in [3.05, 3.63) is 65.7 Å². The van der Waals surface area contributed by atoms with Crippen LogP contribution in [0, 0.1) is 5.41 Å². The summed E-state index contributed by atoms with van der Waals surface area (Å²) >= 11 is 0. The van der Waals surface area contributed by atoms with Crippen LogP contribution in [-0.2, 0) is 19.6 Å². The number of nitrogens with two attached hydrogens (primary N) is 1. The number of hydrogen-bond acceptors (Lipinski definition) is 7. The van der Waals surface area contributed by atoms with Gasteiger partial charge in [0.05, 0.1) is 18.8 Å². The Morgan fingerprint density at radius 3 is 2.42 bits per heavy atom. The highest BCUT2D eigenvalue weighted by atomic mass is 35.5. The van der Waals surface area contributed by atoms with Crippen LogP contribution in [0.5, 0.6) is 5.75 Å². The molecule has 1 fully saturated rings. The SMILES string of the molecule is CCOC(=O)CS(=O)(=O)N(C/C=C/c1cccc(C(=N)N)c1)c1ccc(OC2CCN(C)CC2)cc1.Cl.Cl. The summed E-state index contributed by atoms with van der Waals surface area (Å²) in [6, 6.07) is 13.9. The fraction of sp³-hybridized carbons (Fsp3) is 0.385. The first-order valence-corrected chi connectivity index (χ1v) is 13.5. The number of hydrogen-bond donors (Lipinski definition) is 2. The molecule has 0 aliphatic carbocycles. The lowest BCUT2D eigenvalue weighted by Gasteiger charge is -2.29. The van der Waals surface area contributed by atoms with E-state index in [4.69, 9.17) is 20.6 Å². The fourth-order valence-corrected chi connectivity index (χ4v) is 5.18. The summed E-state index contributed by atoms with van der Waals surface area (Å²) in [7, 11) is -1.92. The number of amidine groups is 1. The molecule has 9 nitrogen and oxygen atoms in total. The predicted octanol–water partition coefficient (Wildman–Crippen LogP) is 3.70. The van der Waals surface area contributed by atoms with Crippen molar-refractivity contribution in [2.24, 2.45) is 5.73 Å². The number of nitrogens with zero attached hydrogens (tertiary/aromatic N) is 2. The number of sulfonamides is 1. The summed E-state index contributed by atoms with van der Waals surface area (Å²) < 4.78 is 38.4. The van der Waals surface area contributed by atoms with Crippen LogP contribution in [0.15, 0.2) is 54.6 Å². The molecule has 1 aliphatic rings. The Bertz CT molecular complexity index is 1180. The van der Waals surface area contributed by atoms with Crippen molar-refractivity contribution in [1.29, 1.82) is 5.41 Å². The Labute approximate surface area is 237 Å². The van der Waals surface area contributed by atoms with Crippen molar-refractivity contribution in [2.75, 3.05) is 43.3 Å². The maximum absolute atomic E-state index is 13.1. The molecular formula is C26H36Cl2N4O5S. The lowest BCUT2D eigenvalue weighted by molar-refractivity contribution is -0.139. The van der Waals surface area contributed by atoms with Crippen LogP contribution in [0.4, 0.5) is 5.69 Å². The van der Waals surface area contributed by atoms with E-state index in [-0.39, 0.29) is 49.9 Å². The number of likely N-dealkylation sites (tertiary alicyclic amines) is 1. The third kappa shape index (κ3) is 9.83. The maximum Gasteiger partial charge on any atom is 0.323 e. The van der Waals surface area contributed by atoms with Gasteiger partial charge in [0.1, 0.15) is 17.7 Å². The number of benzene rings is 2. The molecule has 12 heteroatoms. The molecule has 0 atom stereocenters. The van der Waals surface area contributed by atoms with Crippen molar-refractivity contribution in [1.82, 2.24) is 4.90 Å². The lowest BCUT2D eigenvalue weighted by Crippen LogP contribution is -2.36. The minimum atomic E-state index is -4.01. The standard InChI is InChI=1S/C26H34N4O5S.2ClH/c1-3-34-25(31)19-36(32,33)30(15-5-7-20-6-4-8-21(18-20)26(27)28)22-9-11-23(12-10-22)35-24-13-16-29(2)17-14-24;;/h4-12,18,24H,3,13-17,19H2,1-2H3,(H3,27,28);2*1H/b7-5+;;. The second-order valence-electron chi connectivity index (χ2n) is 8.65. The van der Waals surface area contributed by atoms with E-state index in [2.05, 4.69) is 11.9 Å². The molecule has 0 aromatic heterocycles. The van der Waals surface area contributed by atoms with Crippen molar-refractivity contribution in [3.63, 3.8) is 0 Å². The van der Waals surface area contributed by atoms with Gasteiger partial charge >= 0.3 is 5.97 Å². The van der Waals surface area contributed by atoms with Crippen LogP contribution in [0.2, 0.25) is 0 Å². The lowest BCUT2D eigenvalue weighted by atomic mass is 10.1. The molecule has 0 bridgehead atoms. The molecule has 38 heavy (non-hydrogen) atoms. The molecule has 0 amide bonds. The maximum atomic E-state index is 13.1. The highest BCUT2D eigenvalue weighted by molar-refractivity contribution is 7.93. The van der Waals surface area contributed by atoms with E-state index >= 15 is 0 Å². The molecule has 0 radical (unpaired) electrons. The topological polar surface area (TPSA) is 126 Å². The van der Waals surface area contributed by atoms with Crippen molar-refractivity contribution in [3.8, 4) is 5.75 Å². The number of anilines is 1. The third-order valence-corrected chi connectivity index (χ3v) is 7.45. The van der Waals surface area contributed by atoms with Gasteiger partial charge in [-0.2, -0.15) is 0 Å². The second-order valence-corrected chi connectivity index (χ2v) is 10.5. The zero-order valence-electron chi connectivity index (χ0n) is 21.5. The van der Waals surface area contributed by atoms with Gasteiger partial charge < -0.3 is 20.1 Å². The number of carbonyl (C=O) groups is 1. The average molecular weight is 588 g/mol. The summed E-state index contributed by atoms with van der Waals surface area (Å²) in [5.41, 5.74) is 7.31. The Hall–Kier alpha value is -2.79.